The first kappa shape index (κ1) is 13.9. The number of benzene rings is 2. The van der Waals surface area contributed by atoms with Crippen molar-refractivity contribution in [2.45, 2.75) is 6.92 Å². The lowest BCUT2D eigenvalue weighted by atomic mass is 10.1. The molecule has 2 rings (SSSR count). The van der Waals surface area contributed by atoms with E-state index in [9.17, 15) is 9.18 Å². The summed E-state index contributed by atoms with van der Waals surface area (Å²) in [6, 6.07) is 10.9. The van der Waals surface area contributed by atoms with Crippen LogP contribution in [0.4, 0.5) is 15.8 Å². The molecule has 2 aromatic rings. The summed E-state index contributed by atoms with van der Waals surface area (Å²) in [6.45, 7) is 2.36. The molecule has 0 heterocycles. The molecule has 0 aliphatic heterocycles. The normalized spacial score (nSPS) is 10.1. The van der Waals surface area contributed by atoms with Gasteiger partial charge in [-0.1, -0.05) is 12.1 Å². The van der Waals surface area contributed by atoms with E-state index in [1.54, 1.807) is 18.2 Å². The van der Waals surface area contributed by atoms with E-state index in [0.29, 0.717) is 18.0 Å². The Hall–Kier alpha value is -2.56. The summed E-state index contributed by atoms with van der Waals surface area (Å²) >= 11 is 0. The van der Waals surface area contributed by atoms with Gasteiger partial charge in [-0.3, -0.25) is 4.79 Å². The number of anilines is 2. The lowest BCUT2D eigenvalue weighted by molar-refractivity contribution is 0.102. The van der Waals surface area contributed by atoms with Crippen molar-refractivity contribution < 1.29 is 13.9 Å². The van der Waals surface area contributed by atoms with Crippen LogP contribution in [0, 0.1) is 5.82 Å². The third-order valence-electron chi connectivity index (χ3n) is 2.69. The Morgan fingerprint density at radius 3 is 2.75 bits per heavy atom. The quantitative estimate of drug-likeness (QED) is 0.842. The Kier molecular flexibility index (Phi) is 4.20. The number of nitrogens with one attached hydrogen (secondary N) is 1. The Balaban J connectivity index is 2.21. The first-order valence-corrected chi connectivity index (χ1v) is 6.20. The van der Waals surface area contributed by atoms with Crippen LogP contribution in [0.3, 0.4) is 0 Å². The van der Waals surface area contributed by atoms with Crippen molar-refractivity contribution in [1.29, 1.82) is 0 Å². The predicted molar refractivity (Wildman–Crippen MR) is 76.4 cm³/mol. The molecule has 0 aliphatic rings. The summed E-state index contributed by atoms with van der Waals surface area (Å²) in [5, 5.41) is 2.72. The second-order valence-corrected chi connectivity index (χ2v) is 4.12. The van der Waals surface area contributed by atoms with Crippen LogP contribution >= 0.6 is 0 Å². The third kappa shape index (κ3) is 3.06. The van der Waals surface area contributed by atoms with Gasteiger partial charge in [0.05, 0.1) is 18.0 Å². The summed E-state index contributed by atoms with van der Waals surface area (Å²) < 4.78 is 18.5. The summed E-state index contributed by atoms with van der Waals surface area (Å²) in [5.41, 5.74) is 6.24. The van der Waals surface area contributed by atoms with Crippen molar-refractivity contribution in [2.24, 2.45) is 0 Å². The number of para-hydroxylation sites is 2. The van der Waals surface area contributed by atoms with Crippen LogP contribution in [0.25, 0.3) is 0 Å². The number of carbonyl (C=O) groups is 1. The monoisotopic (exact) mass is 274 g/mol. The highest BCUT2D eigenvalue weighted by Gasteiger charge is 2.11. The van der Waals surface area contributed by atoms with E-state index in [1.807, 2.05) is 13.0 Å². The molecule has 0 spiro atoms. The van der Waals surface area contributed by atoms with Crippen LogP contribution in [-0.4, -0.2) is 12.5 Å². The number of nitrogens with two attached hydrogens (primary N) is 1. The van der Waals surface area contributed by atoms with Crippen molar-refractivity contribution in [3.8, 4) is 5.75 Å². The fraction of sp³-hybridized carbons (Fsp3) is 0.133. The Morgan fingerprint density at radius 2 is 2.05 bits per heavy atom. The van der Waals surface area contributed by atoms with Gasteiger partial charge in [0.2, 0.25) is 0 Å². The first-order valence-electron chi connectivity index (χ1n) is 6.20. The van der Waals surface area contributed by atoms with E-state index >= 15 is 0 Å². The molecule has 0 fully saturated rings. The van der Waals surface area contributed by atoms with E-state index in [4.69, 9.17) is 10.5 Å². The highest BCUT2D eigenvalue weighted by Crippen LogP contribution is 2.24. The zero-order chi connectivity index (χ0) is 14.5. The molecular formula is C15H15FN2O2. The zero-order valence-corrected chi connectivity index (χ0v) is 11.0. The lowest BCUT2D eigenvalue weighted by Gasteiger charge is -2.11. The van der Waals surface area contributed by atoms with Gasteiger partial charge in [-0.15, -0.1) is 0 Å². The van der Waals surface area contributed by atoms with Gasteiger partial charge < -0.3 is 15.8 Å². The maximum absolute atomic E-state index is 13.1. The van der Waals surface area contributed by atoms with Crippen molar-refractivity contribution in [3.05, 3.63) is 53.8 Å². The van der Waals surface area contributed by atoms with Crippen molar-refractivity contribution in [2.75, 3.05) is 17.7 Å². The molecular weight excluding hydrogens is 259 g/mol. The zero-order valence-electron chi connectivity index (χ0n) is 11.0. The minimum atomic E-state index is -0.545. The highest BCUT2D eigenvalue weighted by molar-refractivity contribution is 6.05. The number of halogens is 1. The molecule has 20 heavy (non-hydrogen) atoms. The molecule has 4 nitrogen and oxygen atoms in total. The highest BCUT2D eigenvalue weighted by atomic mass is 19.1. The molecule has 0 saturated carbocycles. The minimum Gasteiger partial charge on any atom is -0.492 e. The maximum Gasteiger partial charge on any atom is 0.255 e. The molecule has 0 radical (unpaired) electrons. The van der Waals surface area contributed by atoms with Gasteiger partial charge in [-0.2, -0.15) is 0 Å². The number of hydrogen-bond acceptors (Lipinski definition) is 3. The van der Waals surface area contributed by atoms with Crippen LogP contribution in [0.1, 0.15) is 17.3 Å². The molecule has 0 bridgehead atoms. The third-order valence-corrected chi connectivity index (χ3v) is 2.69. The Bertz CT molecular complexity index is 629. The van der Waals surface area contributed by atoms with Crippen molar-refractivity contribution >= 4 is 17.3 Å². The smallest absolute Gasteiger partial charge is 0.255 e. The van der Waals surface area contributed by atoms with E-state index in [-0.39, 0.29) is 17.2 Å². The van der Waals surface area contributed by atoms with Gasteiger partial charge >= 0.3 is 0 Å². The fourth-order valence-electron chi connectivity index (χ4n) is 1.73. The molecule has 3 N–H and O–H groups in total. The topological polar surface area (TPSA) is 64.3 Å². The van der Waals surface area contributed by atoms with Gasteiger partial charge in [0.25, 0.3) is 5.91 Å². The van der Waals surface area contributed by atoms with Gasteiger partial charge in [-0.25, -0.2) is 4.39 Å². The second-order valence-electron chi connectivity index (χ2n) is 4.12. The number of ether oxygens (including phenoxy) is 1. The van der Waals surface area contributed by atoms with Crippen LogP contribution in [-0.2, 0) is 0 Å². The molecule has 0 saturated heterocycles. The summed E-state index contributed by atoms with van der Waals surface area (Å²) in [4.78, 5) is 12.1. The molecule has 0 unspecified atom stereocenters. The van der Waals surface area contributed by atoms with Crippen LogP contribution in [0.5, 0.6) is 5.75 Å². The Morgan fingerprint density at radius 1 is 1.30 bits per heavy atom. The standard InChI is InChI=1S/C15H15FN2O2/c1-2-20-14-6-4-3-5-13(14)18-15(19)10-7-8-11(16)12(17)9-10/h3-9H,2,17H2,1H3,(H,18,19). The molecule has 5 heteroatoms. The first-order chi connectivity index (χ1) is 9.61. The average molecular weight is 274 g/mol. The number of carbonyl (C=O) groups excluding carboxylic acids is 1. The van der Waals surface area contributed by atoms with E-state index in [1.165, 1.54) is 18.2 Å². The second kappa shape index (κ2) is 6.06. The number of rotatable bonds is 4. The largest absolute Gasteiger partial charge is 0.492 e. The minimum absolute atomic E-state index is 0.0595. The SMILES string of the molecule is CCOc1ccccc1NC(=O)c1ccc(F)c(N)c1. The van der Waals surface area contributed by atoms with E-state index < -0.39 is 5.82 Å². The molecule has 0 aliphatic carbocycles. The number of hydrogen-bond donors (Lipinski definition) is 2. The van der Waals surface area contributed by atoms with Gasteiger partial charge in [0, 0.05) is 5.56 Å². The van der Waals surface area contributed by atoms with Crippen molar-refractivity contribution in [1.82, 2.24) is 0 Å². The van der Waals surface area contributed by atoms with Crippen molar-refractivity contribution in [3.63, 3.8) is 0 Å². The van der Waals surface area contributed by atoms with E-state index in [2.05, 4.69) is 5.32 Å². The van der Waals surface area contributed by atoms with Gasteiger partial charge in [-0.05, 0) is 37.3 Å². The van der Waals surface area contributed by atoms with Gasteiger partial charge in [0.15, 0.2) is 0 Å². The van der Waals surface area contributed by atoms with E-state index in [0.717, 1.165) is 0 Å². The molecule has 0 aromatic heterocycles. The number of nitrogen functional groups attached to an aromatic ring is 1. The lowest BCUT2D eigenvalue weighted by Crippen LogP contribution is -2.13. The summed E-state index contributed by atoms with van der Waals surface area (Å²) in [7, 11) is 0. The summed E-state index contributed by atoms with van der Waals surface area (Å²) in [6.07, 6.45) is 0. The van der Waals surface area contributed by atoms with Crippen LogP contribution in [0.2, 0.25) is 0 Å². The molecule has 1 amide bonds. The average Bonchev–Trinajstić information content (AvgIpc) is 2.44. The predicted octanol–water partition coefficient (Wildman–Crippen LogP) is 3.06. The van der Waals surface area contributed by atoms with Crippen LogP contribution < -0.4 is 15.8 Å². The van der Waals surface area contributed by atoms with Gasteiger partial charge in [0.1, 0.15) is 11.6 Å². The molecule has 0 atom stereocenters. The fourth-order valence-corrected chi connectivity index (χ4v) is 1.73. The molecule has 2 aromatic carbocycles. The Labute approximate surface area is 116 Å². The molecule has 104 valence electrons. The van der Waals surface area contributed by atoms with Crippen LogP contribution in [0.15, 0.2) is 42.5 Å². The number of amides is 1. The maximum atomic E-state index is 13.1. The summed E-state index contributed by atoms with van der Waals surface area (Å²) in [5.74, 6) is -0.335.